The number of amides is 2. The molecule has 0 aliphatic carbocycles. The first-order valence-corrected chi connectivity index (χ1v) is 9.97. The lowest BCUT2D eigenvalue weighted by molar-refractivity contribution is -0.119. The van der Waals surface area contributed by atoms with Crippen LogP contribution < -0.4 is 10.1 Å². The number of anilines is 1. The molecular weight excluding hydrogens is 378 g/mol. The summed E-state index contributed by atoms with van der Waals surface area (Å²) in [6.45, 7) is 2.59. The van der Waals surface area contributed by atoms with E-state index in [0.717, 1.165) is 12.0 Å². The Kier molecular flexibility index (Phi) is 5.75. The maximum atomic E-state index is 12.8. The first kappa shape index (κ1) is 19.6. The number of benzene rings is 2. The highest BCUT2D eigenvalue weighted by Crippen LogP contribution is 2.23. The molecule has 152 valence electrons. The van der Waals surface area contributed by atoms with Gasteiger partial charge in [-0.1, -0.05) is 35.9 Å². The van der Waals surface area contributed by atoms with Crippen LogP contribution in [0.5, 0.6) is 11.6 Å². The standard InChI is InChI=1S/C24H23N3O3/c1-17-9-12-20(13-10-17)30-22-14-11-19(16-25-22)26-23(28)21-8-5-15-27(21)24(29)18-6-3-2-4-7-18/h2-4,6-7,9-14,16,21H,5,8,15H2,1H3,(H,26,28). The lowest BCUT2D eigenvalue weighted by atomic mass is 10.1. The van der Waals surface area contributed by atoms with E-state index in [9.17, 15) is 9.59 Å². The number of hydrogen-bond acceptors (Lipinski definition) is 4. The van der Waals surface area contributed by atoms with Crippen molar-refractivity contribution in [3.8, 4) is 11.6 Å². The average molecular weight is 401 g/mol. The highest BCUT2D eigenvalue weighted by Gasteiger charge is 2.34. The molecule has 1 aliphatic heterocycles. The zero-order valence-electron chi connectivity index (χ0n) is 16.7. The van der Waals surface area contributed by atoms with E-state index < -0.39 is 6.04 Å². The van der Waals surface area contributed by atoms with Crippen molar-refractivity contribution >= 4 is 17.5 Å². The number of pyridine rings is 1. The van der Waals surface area contributed by atoms with Crippen molar-refractivity contribution in [2.24, 2.45) is 0 Å². The molecule has 1 unspecified atom stereocenters. The zero-order chi connectivity index (χ0) is 20.9. The van der Waals surface area contributed by atoms with Crippen LogP contribution in [-0.2, 0) is 4.79 Å². The smallest absolute Gasteiger partial charge is 0.254 e. The molecular formula is C24H23N3O3. The van der Waals surface area contributed by atoms with Gasteiger partial charge in [0.05, 0.1) is 11.9 Å². The maximum absolute atomic E-state index is 12.8. The predicted octanol–water partition coefficient (Wildman–Crippen LogP) is 4.43. The van der Waals surface area contributed by atoms with Crippen molar-refractivity contribution in [1.82, 2.24) is 9.88 Å². The number of likely N-dealkylation sites (tertiary alicyclic amines) is 1. The minimum atomic E-state index is -0.485. The number of hydrogen-bond donors (Lipinski definition) is 1. The number of rotatable bonds is 5. The molecule has 0 spiro atoms. The number of nitrogens with zero attached hydrogens (tertiary/aromatic N) is 2. The van der Waals surface area contributed by atoms with Crippen molar-refractivity contribution in [2.75, 3.05) is 11.9 Å². The Morgan fingerprint density at radius 2 is 1.80 bits per heavy atom. The molecule has 1 saturated heterocycles. The molecule has 0 bridgehead atoms. The van der Waals surface area contributed by atoms with Crippen LogP contribution in [0.2, 0.25) is 0 Å². The summed E-state index contributed by atoms with van der Waals surface area (Å²) in [5.41, 5.74) is 2.31. The molecule has 4 rings (SSSR count). The summed E-state index contributed by atoms with van der Waals surface area (Å²) >= 11 is 0. The van der Waals surface area contributed by atoms with Crippen LogP contribution in [0.25, 0.3) is 0 Å². The molecule has 0 radical (unpaired) electrons. The van der Waals surface area contributed by atoms with Crippen LogP contribution in [0, 0.1) is 6.92 Å². The summed E-state index contributed by atoms with van der Waals surface area (Å²) in [6.07, 6.45) is 3.00. The van der Waals surface area contributed by atoms with E-state index in [1.165, 1.54) is 0 Å². The Labute approximate surface area is 175 Å². The Morgan fingerprint density at radius 3 is 2.50 bits per heavy atom. The van der Waals surface area contributed by atoms with Crippen LogP contribution in [0.1, 0.15) is 28.8 Å². The number of carbonyl (C=O) groups is 2. The largest absolute Gasteiger partial charge is 0.439 e. The zero-order valence-corrected chi connectivity index (χ0v) is 16.7. The third kappa shape index (κ3) is 4.49. The number of aryl methyl sites for hydroxylation is 1. The van der Waals surface area contributed by atoms with Crippen LogP contribution >= 0.6 is 0 Å². The minimum absolute atomic E-state index is 0.117. The van der Waals surface area contributed by atoms with E-state index in [0.29, 0.717) is 35.8 Å². The lowest BCUT2D eigenvalue weighted by Crippen LogP contribution is -2.43. The van der Waals surface area contributed by atoms with Gasteiger partial charge in [0.2, 0.25) is 11.8 Å². The van der Waals surface area contributed by atoms with Crippen LogP contribution in [0.15, 0.2) is 72.9 Å². The van der Waals surface area contributed by atoms with Crippen LogP contribution in [-0.4, -0.2) is 34.3 Å². The van der Waals surface area contributed by atoms with Gasteiger partial charge in [-0.05, 0) is 50.1 Å². The summed E-state index contributed by atoms with van der Waals surface area (Å²) in [4.78, 5) is 31.5. The molecule has 0 saturated carbocycles. The lowest BCUT2D eigenvalue weighted by Gasteiger charge is -2.24. The Bertz CT molecular complexity index is 1020. The first-order chi connectivity index (χ1) is 14.6. The summed E-state index contributed by atoms with van der Waals surface area (Å²) in [5.74, 6) is 0.823. The molecule has 1 atom stereocenters. The van der Waals surface area contributed by atoms with Gasteiger partial charge in [-0.3, -0.25) is 9.59 Å². The van der Waals surface area contributed by atoms with E-state index in [-0.39, 0.29) is 11.8 Å². The summed E-state index contributed by atoms with van der Waals surface area (Å²) in [5, 5.41) is 2.87. The molecule has 2 amide bonds. The number of carbonyl (C=O) groups excluding carboxylic acids is 2. The fraction of sp³-hybridized carbons (Fsp3) is 0.208. The van der Waals surface area contributed by atoms with Gasteiger partial charge < -0.3 is 15.0 Å². The van der Waals surface area contributed by atoms with Crippen LogP contribution in [0.3, 0.4) is 0 Å². The van der Waals surface area contributed by atoms with E-state index >= 15 is 0 Å². The van der Waals surface area contributed by atoms with Crippen molar-refractivity contribution in [3.05, 3.63) is 84.1 Å². The van der Waals surface area contributed by atoms with E-state index in [1.54, 1.807) is 35.4 Å². The Morgan fingerprint density at radius 1 is 1.03 bits per heavy atom. The van der Waals surface area contributed by atoms with Crippen LogP contribution in [0.4, 0.5) is 5.69 Å². The predicted molar refractivity (Wildman–Crippen MR) is 115 cm³/mol. The SMILES string of the molecule is Cc1ccc(Oc2ccc(NC(=O)C3CCCN3C(=O)c3ccccc3)cn2)cc1. The van der Waals surface area contributed by atoms with Gasteiger partial charge in [-0.2, -0.15) is 0 Å². The molecule has 30 heavy (non-hydrogen) atoms. The number of aromatic nitrogens is 1. The molecule has 6 heteroatoms. The van der Waals surface area contributed by atoms with Gasteiger partial charge in [0.1, 0.15) is 11.8 Å². The van der Waals surface area contributed by atoms with E-state index in [4.69, 9.17) is 4.74 Å². The van der Waals surface area contributed by atoms with E-state index in [1.807, 2.05) is 49.4 Å². The third-order valence-corrected chi connectivity index (χ3v) is 5.08. The molecule has 2 aromatic carbocycles. The third-order valence-electron chi connectivity index (χ3n) is 5.08. The number of ether oxygens (including phenoxy) is 1. The van der Waals surface area contributed by atoms with E-state index in [2.05, 4.69) is 10.3 Å². The fourth-order valence-corrected chi connectivity index (χ4v) is 3.50. The normalized spacial score (nSPS) is 15.6. The Balaban J connectivity index is 1.39. The van der Waals surface area contributed by atoms with Gasteiger partial charge in [0.15, 0.2) is 0 Å². The maximum Gasteiger partial charge on any atom is 0.254 e. The fourth-order valence-electron chi connectivity index (χ4n) is 3.50. The van der Waals surface area contributed by atoms with Crippen molar-refractivity contribution < 1.29 is 14.3 Å². The first-order valence-electron chi connectivity index (χ1n) is 9.97. The summed E-state index contributed by atoms with van der Waals surface area (Å²) in [6, 6.07) is 19.7. The van der Waals surface area contributed by atoms with Gasteiger partial charge in [0, 0.05) is 18.2 Å². The highest BCUT2D eigenvalue weighted by atomic mass is 16.5. The molecule has 3 aromatic rings. The molecule has 1 fully saturated rings. The van der Waals surface area contributed by atoms with Gasteiger partial charge in [-0.15, -0.1) is 0 Å². The second-order valence-electron chi connectivity index (χ2n) is 7.31. The second-order valence-corrected chi connectivity index (χ2v) is 7.31. The summed E-state index contributed by atoms with van der Waals surface area (Å²) in [7, 11) is 0. The summed E-state index contributed by atoms with van der Waals surface area (Å²) < 4.78 is 5.71. The van der Waals surface area contributed by atoms with Gasteiger partial charge in [0.25, 0.3) is 5.91 Å². The quantitative estimate of drug-likeness (QED) is 0.687. The molecule has 1 N–H and O–H groups in total. The molecule has 2 heterocycles. The average Bonchev–Trinajstić information content (AvgIpc) is 3.27. The van der Waals surface area contributed by atoms with Crippen molar-refractivity contribution in [1.29, 1.82) is 0 Å². The number of nitrogens with one attached hydrogen (secondary N) is 1. The monoisotopic (exact) mass is 401 g/mol. The van der Waals surface area contributed by atoms with Gasteiger partial charge >= 0.3 is 0 Å². The highest BCUT2D eigenvalue weighted by molar-refractivity contribution is 6.01. The van der Waals surface area contributed by atoms with Crippen molar-refractivity contribution in [3.63, 3.8) is 0 Å². The topological polar surface area (TPSA) is 71.5 Å². The molecule has 6 nitrogen and oxygen atoms in total. The van der Waals surface area contributed by atoms with Gasteiger partial charge in [-0.25, -0.2) is 4.98 Å². The Hall–Kier alpha value is -3.67. The molecule has 1 aliphatic rings. The molecule has 1 aromatic heterocycles. The second kappa shape index (κ2) is 8.78. The van der Waals surface area contributed by atoms with Crippen molar-refractivity contribution in [2.45, 2.75) is 25.8 Å². The minimum Gasteiger partial charge on any atom is -0.439 e.